The number of aliphatic hydroxyl groups excluding tert-OH is 1. The molecule has 1 aromatic carbocycles. The van der Waals surface area contributed by atoms with Crippen LogP contribution >= 0.6 is 0 Å². The maximum Gasteiger partial charge on any atom is 0.222 e. The van der Waals surface area contributed by atoms with Crippen LogP contribution < -0.4 is 11.1 Å². The Morgan fingerprint density at radius 1 is 1.17 bits per heavy atom. The number of benzene rings is 1. The van der Waals surface area contributed by atoms with E-state index in [0.717, 1.165) is 47.8 Å². The van der Waals surface area contributed by atoms with Crippen LogP contribution in [-0.2, 0) is 0 Å². The lowest BCUT2D eigenvalue weighted by Crippen LogP contribution is -2.36. The molecule has 0 spiro atoms. The number of nitrogens with zero attached hydrogens (tertiary/aromatic N) is 3. The summed E-state index contributed by atoms with van der Waals surface area (Å²) in [5, 5.41) is 21.4. The Balaban J connectivity index is 1.72. The second-order valence-corrected chi connectivity index (χ2v) is 6.24. The molecule has 124 valence electrons. The molecule has 0 radical (unpaired) electrons. The SMILES string of the molecule is Nc1nc(NC2CCCCC2O)c2ccc(-c3ccn[nH]3)cc2n1. The maximum absolute atomic E-state index is 10.2. The number of fused-ring (bicyclic) bond motifs is 1. The Bertz CT molecular complexity index is 848. The highest BCUT2D eigenvalue weighted by Gasteiger charge is 2.24. The Morgan fingerprint density at radius 3 is 2.83 bits per heavy atom. The van der Waals surface area contributed by atoms with Crippen LogP contribution in [0, 0.1) is 0 Å². The molecule has 5 N–H and O–H groups in total. The van der Waals surface area contributed by atoms with Crippen molar-refractivity contribution in [3.05, 3.63) is 30.5 Å². The first kappa shape index (κ1) is 14.9. The number of aromatic nitrogens is 4. The molecule has 2 unspecified atom stereocenters. The Morgan fingerprint density at radius 2 is 2.04 bits per heavy atom. The number of aromatic amines is 1. The van der Waals surface area contributed by atoms with Gasteiger partial charge in [-0.05, 0) is 31.0 Å². The summed E-state index contributed by atoms with van der Waals surface area (Å²) >= 11 is 0. The smallest absolute Gasteiger partial charge is 0.222 e. The van der Waals surface area contributed by atoms with Crippen LogP contribution in [0.3, 0.4) is 0 Å². The van der Waals surface area contributed by atoms with Crippen LogP contribution in [0.5, 0.6) is 0 Å². The van der Waals surface area contributed by atoms with Crippen molar-refractivity contribution in [2.45, 2.75) is 37.8 Å². The summed E-state index contributed by atoms with van der Waals surface area (Å²) in [5.74, 6) is 0.900. The molecular formula is C17H20N6O. The molecule has 0 saturated heterocycles. The molecular weight excluding hydrogens is 304 g/mol. The van der Waals surface area contributed by atoms with Crippen LogP contribution in [-0.4, -0.2) is 37.4 Å². The Hall–Kier alpha value is -2.67. The molecule has 1 fully saturated rings. The number of H-pyrrole nitrogens is 1. The number of nitrogens with one attached hydrogen (secondary N) is 2. The molecule has 7 nitrogen and oxygen atoms in total. The molecule has 2 aromatic heterocycles. The predicted molar refractivity (Wildman–Crippen MR) is 93.4 cm³/mol. The van der Waals surface area contributed by atoms with E-state index < -0.39 is 0 Å². The molecule has 0 amide bonds. The van der Waals surface area contributed by atoms with Crippen molar-refractivity contribution in [1.82, 2.24) is 20.2 Å². The fraction of sp³-hybridized carbons (Fsp3) is 0.353. The number of anilines is 2. The van der Waals surface area contributed by atoms with Gasteiger partial charge in [0, 0.05) is 17.1 Å². The van der Waals surface area contributed by atoms with E-state index in [-0.39, 0.29) is 18.1 Å². The first-order valence-corrected chi connectivity index (χ1v) is 8.22. The molecule has 4 rings (SSSR count). The van der Waals surface area contributed by atoms with E-state index in [1.807, 2.05) is 24.3 Å². The largest absolute Gasteiger partial charge is 0.391 e. The number of hydrogen-bond acceptors (Lipinski definition) is 6. The highest BCUT2D eigenvalue weighted by atomic mass is 16.3. The number of hydrogen-bond donors (Lipinski definition) is 4. The minimum atomic E-state index is -0.353. The minimum Gasteiger partial charge on any atom is -0.391 e. The zero-order valence-electron chi connectivity index (χ0n) is 13.2. The van der Waals surface area contributed by atoms with Crippen LogP contribution in [0.25, 0.3) is 22.2 Å². The van der Waals surface area contributed by atoms with Crippen molar-refractivity contribution in [2.24, 2.45) is 0 Å². The number of rotatable bonds is 3. The lowest BCUT2D eigenvalue weighted by atomic mass is 9.92. The van der Waals surface area contributed by atoms with E-state index in [1.54, 1.807) is 6.20 Å². The average Bonchev–Trinajstić information content (AvgIpc) is 3.11. The van der Waals surface area contributed by atoms with Gasteiger partial charge in [0.1, 0.15) is 5.82 Å². The first-order valence-electron chi connectivity index (χ1n) is 8.22. The maximum atomic E-state index is 10.2. The summed E-state index contributed by atoms with van der Waals surface area (Å²) in [7, 11) is 0. The fourth-order valence-corrected chi connectivity index (χ4v) is 3.30. The average molecular weight is 324 g/mol. The summed E-state index contributed by atoms with van der Waals surface area (Å²) in [5.41, 5.74) is 8.56. The van der Waals surface area contributed by atoms with Crippen molar-refractivity contribution in [3.8, 4) is 11.3 Å². The zero-order valence-corrected chi connectivity index (χ0v) is 13.2. The van der Waals surface area contributed by atoms with E-state index in [9.17, 15) is 5.11 Å². The summed E-state index contributed by atoms with van der Waals surface area (Å²) < 4.78 is 0. The topological polar surface area (TPSA) is 113 Å². The molecule has 1 aliphatic rings. The highest BCUT2D eigenvalue weighted by Crippen LogP contribution is 2.29. The van der Waals surface area contributed by atoms with Gasteiger partial charge in [0.25, 0.3) is 0 Å². The van der Waals surface area contributed by atoms with Crippen molar-refractivity contribution in [3.63, 3.8) is 0 Å². The van der Waals surface area contributed by atoms with Crippen LogP contribution in [0.15, 0.2) is 30.5 Å². The van der Waals surface area contributed by atoms with Crippen LogP contribution in [0.2, 0.25) is 0 Å². The second kappa shape index (κ2) is 6.09. The first-order chi connectivity index (χ1) is 11.7. The van der Waals surface area contributed by atoms with Gasteiger partial charge in [0.2, 0.25) is 5.95 Å². The molecule has 0 aliphatic heterocycles. The zero-order chi connectivity index (χ0) is 16.5. The second-order valence-electron chi connectivity index (χ2n) is 6.24. The number of nitrogen functional groups attached to an aromatic ring is 1. The van der Waals surface area contributed by atoms with Crippen molar-refractivity contribution < 1.29 is 5.11 Å². The lowest BCUT2D eigenvalue weighted by Gasteiger charge is -2.29. The molecule has 7 heteroatoms. The normalized spacial score (nSPS) is 21.0. The third-order valence-corrected chi connectivity index (χ3v) is 4.58. The third kappa shape index (κ3) is 2.78. The number of aliphatic hydroxyl groups is 1. The van der Waals surface area contributed by atoms with Gasteiger partial charge in [-0.1, -0.05) is 18.9 Å². The molecule has 2 atom stereocenters. The minimum absolute atomic E-state index is 0.00327. The summed E-state index contributed by atoms with van der Waals surface area (Å²) in [6.07, 6.45) is 5.29. The van der Waals surface area contributed by atoms with Gasteiger partial charge in [-0.15, -0.1) is 0 Å². The van der Waals surface area contributed by atoms with Gasteiger partial charge < -0.3 is 16.2 Å². The van der Waals surface area contributed by atoms with E-state index in [2.05, 4.69) is 25.5 Å². The molecule has 24 heavy (non-hydrogen) atoms. The molecule has 1 aliphatic carbocycles. The Kier molecular flexibility index (Phi) is 3.78. The predicted octanol–water partition coefficient (Wildman–Crippen LogP) is 2.32. The summed E-state index contributed by atoms with van der Waals surface area (Å²) in [6.45, 7) is 0. The standard InChI is InChI=1S/C17H20N6O/c18-17-21-14-9-10(12-7-8-19-23-12)5-6-11(14)16(22-17)20-13-3-1-2-4-15(13)24/h5-9,13,15,24H,1-4H2,(H,19,23)(H3,18,20,21,22). The van der Waals surface area contributed by atoms with Gasteiger partial charge in [-0.2, -0.15) is 10.1 Å². The summed E-state index contributed by atoms with van der Waals surface area (Å²) in [4.78, 5) is 8.70. The van der Waals surface area contributed by atoms with E-state index in [4.69, 9.17) is 5.73 Å². The van der Waals surface area contributed by atoms with E-state index in [0.29, 0.717) is 5.82 Å². The van der Waals surface area contributed by atoms with Crippen LogP contribution in [0.1, 0.15) is 25.7 Å². The molecule has 3 aromatic rings. The Labute approximate surface area is 139 Å². The van der Waals surface area contributed by atoms with Crippen molar-refractivity contribution in [1.29, 1.82) is 0 Å². The van der Waals surface area contributed by atoms with E-state index >= 15 is 0 Å². The molecule has 2 heterocycles. The molecule has 1 saturated carbocycles. The van der Waals surface area contributed by atoms with Gasteiger partial charge >= 0.3 is 0 Å². The highest BCUT2D eigenvalue weighted by molar-refractivity contribution is 5.92. The number of nitrogens with two attached hydrogens (primary N) is 1. The third-order valence-electron chi connectivity index (χ3n) is 4.58. The van der Waals surface area contributed by atoms with Gasteiger partial charge in [0.05, 0.1) is 23.4 Å². The van der Waals surface area contributed by atoms with Gasteiger partial charge in [0.15, 0.2) is 0 Å². The van der Waals surface area contributed by atoms with Gasteiger partial charge in [-0.25, -0.2) is 4.98 Å². The van der Waals surface area contributed by atoms with Crippen molar-refractivity contribution >= 4 is 22.7 Å². The quantitative estimate of drug-likeness (QED) is 0.588. The van der Waals surface area contributed by atoms with E-state index in [1.165, 1.54) is 0 Å². The van der Waals surface area contributed by atoms with Crippen molar-refractivity contribution in [2.75, 3.05) is 11.1 Å². The molecule has 0 bridgehead atoms. The van der Waals surface area contributed by atoms with Crippen LogP contribution in [0.4, 0.5) is 11.8 Å². The lowest BCUT2D eigenvalue weighted by molar-refractivity contribution is 0.116. The fourth-order valence-electron chi connectivity index (χ4n) is 3.30. The summed E-state index contributed by atoms with van der Waals surface area (Å²) in [6, 6.07) is 7.84. The van der Waals surface area contributed by atoms with Gasteiger partial charge in [-0.3, -0.25) is 5.10 Å². The monoisotopic (exact) mass is 324 g/mol.